The third-order valence-corrected chi connectivity index (χ3v) is 3.11. The zero-order chi connectivity index (χ0) is 10.7. The Hall–Kier alpha value is -0.570. The first kappa shape index (κ1) is 10.9. The quantitative estimate of drug-likeness (QED) is 0.851. The van der Waals surface area contributed by atoms with E-state index < -0.39 is 0 Å². The van der Waals surface area contributed by atoms with Gasteiger partial charge in [0, 0.05) is 11.1 Å². The summed E-state index contributed by atoms with van der Waals surface area (Å²) < 4.78 is 5.75. The van der Waals surface area contributed by atoms with Crippen molar-refractivity contribution in [3.05, 3.63) is 34.9 Å². The Morgan fingerprint density at radius 3 is 2.93 bits per heavy atom. The van der Waals surface area contributed by atoms with Gasteiger partial charge in [-0.25, -0.2) is 0 Å². The van der Waals surface area contributed by atoms with Crippen molar-refractivity contribution in [2.24, 2.45) is 0 Å². The number of benzene rings is 1. The normalized spacial score (nSPS) is 24.9. The first-order valence-electron chi connectivity index (χ1n) is 5.31. The second-order valence-corrected chi connectivity index (χ2v) is 4.46. The molecule has 1 N–H and O–H groups in total. The molecule has 1 aliphatic rings. The van der Waals surface area contributed by atoms with Crippen molar-refractivity contribution >= 4 is 11.6 Å². The Bertz CT molecular complexity index is 323. The van der Waals surface area contributed by atoms with Gasteiger partial charge in [-0.3, -0.25) is 0 Å². The lowest BCUT2D eigenvalue weighted by Gasteiger charge is -2.34. The Morgan fingerprint density at radius 2 is 2.27 bits per heavy atom. The number of hydrogen-bond acceptors (Lipinski definition) is 2. The maximum absolute atomic E-state index is 5.89. The molecular formula is C12H16ClNO. The van der Waals surface area contributed by atoms with Crippen LogP contribution in [0.1, 0.15) is 18.4 Å². The van der Waals surface area contributed by atoms with E-state index in [9.17, 15) is 0 Å². The minimum Gasteiger partial charge on any atom is -0.373 e. The number of hydrogen-bond donors (Lipinski definition) is 1. The Kier molecular flexibility index (Phi) is 3.62. The second-order valence-electron chi connectivity index (χ2n) is 4.02. The Balaban J connectivity index is 1.75. The molecule has 0 aromatic heterocycles. The molecule has 2 nitrogen and oxygen atoms in total. The largest absolute Gasteiger partial charge is 0.373 e. The van der Waals surface area contributed by atoms with Crippen LogP contribution < -0.4 is 5.32 Å². The van der Waals surface area contributed by atoms with Crippen LogP contribution in [-0.4, -0.2) is 19.2 Å². The summed E-state index contributed by atoms with van der Waals surface area (Å²) in [6.45, 7) is 0.668. The maximum atomic E-state index is 5.89. The van der Waals surface area contributed by atoms with E-state index in [0.717, 1.165) is 23.4 Å². The van der Waals surface area contributed by atoms with Gasteiger partial charge < -0.3 is 10.1 Å². The molecule has 0 heterocycles. The van der Waals surface area contributed by atoms with Crippen LogP contribution in [0.5, 0.6) is 0 Å². The van der Waals surface area contributed by atoms with E-state index in [2.05, 4.69) is 5.32 Å². The molecule has 0 saturated heterocycles. The predicted molar refractivity (Wildman–Crippen MR) is 62.1 cm³/mol. The van der Waals surface area contributed by atoms with Gasteiger partial charge in [-0.15, -0.1) is 0 Å². The topological polar surface area (TPSA) is 21.3 Å². The average Bonchev–Trinajstić information content (AvgIpc) is 2.16. The molecule has 0 unspecified atom stereocenters. The van der Waals surface area contributed by atoms with Crippen molar-refractivity contribution in [2.75, 3.05) is 7.05 Å². The number of nitrogens with one attached hydrogen (secondary N) is 1. The molecule has 0 radical (unpaired) electrons. The van der Waals surface area contributed by atoms with Crippen molar-refractivity contribution < 1.29 is 4.74 Å². The molecule has 15 heavy (non-hydrogen) atoms. The zero-order valence-electron chi connectivity index (χ0n) is 8.87. The van der Waals surface area contributed by atoms with Crippen molar-refractivity contribution in [3.8, 4) is 0 Å². The minimum absolute atomic E-state index is 0.418. The van der Waals surface area contributed by atoms with Gasteiger partial charge in [-0.05, 0) is 37.6 Å². The van der Waals surface area contributed by atoms with E-state index in [4.69, 9.17) is 16.3 Å². The lowest BCUT2D eigenvalue weighted by molar-refractivity contribution is -0.0250. The average molecular weight is 226 g/mol. The van der Waals surface area contributed by atoms with Crippen LogP contribution in [0.25, 0.3) is 0 Å². The molecule has 1 aromatic carbocycles. The van der Waals surface area contributed by atoms with Gasteiger partial charge in [0.2, 0.25) is 0 Å². The molecular weight excluding hydrogens is 210 g/mol. The molecule has 0 aliphatic heterocycles. The van der Waals surface area contributed by atoms with E-state index in [1.807, 2.05) is 31.3 Å². The summed E-state index contributed by atoms with van der Waals surface area (Å²) in [6.07, 6.45) is 2.66. The standard InChI is InChI=1S/C12H16ClNO/c1-14-11-6-12(7-11)15-8-9-3-2-4-10(13)5-9/h2-5,11-12,14H,6-8H2,1H3. The highest BCUT2D eigenvalue weighted by Gasteiger charge is 2.28. The van der Waals surface area contributed by atoms with Crippen molar-refractivity contribution in [3.63, 3.8) is 0 Å². The summed E-state index contributed by atoms with van der Waals surface area (Å²) in [7, 11) is 2.00. The molecule has 0 bridgehead atoms. The van der Waals surface area contributed by atoms with Crippen molar-refractivity contribution in [2.45, 2.75) is 31.6 Å². The summed E-state index contributed by atoms with van der Waals surface area (Å²) in [5.74, 6) is 0. The third-order valence-electron chi connectivity index (χ3n) is 2.88. The minimum atomic E-state index is 0.418. The van der Waals surface area contributed by atoms with E-state index >= 15 is 0 Å². The molecule has 3 heteroatoms. The molecule has 2 rings (SSSR count). The Morgan fingerprint density at radius 1 is 1.47 bits per heavy atom. The van der Waals surface area contributed by atoms with Crippen LogP contribution >= 0.6 is 11.6 Å². The molecule has 0 amide bonds. The van der Waals surface area contributed by atoms with E-state index in [0.29, 0.717) is 18.8 Å². The number of rotatable bonds is 4. The summed E-state index contributed by atoms with van der Waals surface area (Å²) in [6, 6.07) is 8.48. The molecule has 0 spiro atoms. The van der Waals surface area contributed by atoms with E-state index in [1.54, 1.807) is 0 Å². The van der Waals surface area contributed by atoms with Gasteiger partial charge in [0.05, 0.1) is 12.7 Å². The van der Waals surface area contributed by atoms with Gasteiger partial charge in [0.1, 0.15) is 0 Å². The fourth-order valence-electron chi connectivity index (χ4n) is 1.78. The molecule has 1 aromatic rings. The Labute approximate surface area is 95.6 Å². The summed E-state index contributed by atoms with van der Waals surface area (Å²) in [5, 5.41) is 4.01. The highest BCUT2D eigenvalue weighted by molar-refractivity contribution is 6.30. The van der Waals surface area contributed by atoms with Crippen molar-refractivity contribution in [1.29, 1.82) is 0 Å². The van der Waals surface area contributed by atoms with Gasteiger partial charge in [0.15, 0.2) is 0 Å². The van der Waals surface area contributed by atoms with Crippen LogP contribution in [0.15, 0.2) is 24.3 Å². The molecule has 0 atom stereocenters. The smallest absolute Gasteiger partial charge is 0.0721 e. The van der Waals surface area contributed by atoms with Gasteiger partial charge in [-0.1, -0.05) is 23.7 Å². The lowest BCUT2D eigenvalue weighted by Crippen LogP contribution is -2.43. The van der Waals surface area contributed by atoms with Crippen LogP contribution in [0, 0.1) is 0 Å². The number of ether oxygens (including phenoxy) is 1. The van der Waals surface area contributed by atoms with Crippen LogP contribution in [-0.2, 0) is 11.3 Å². The van der Waals surface area contributed by atoms with Gasteiger partial charge in [0.25, 0.3) is 0 Å². The monoisotopic (exact) mass is 225 g/mol. The first-order chi connectivity index (χ1) is 7.28. The van der Waals surface area contributed by atoms with Gasteiger partial charge >= 0.3 is 0 Å². The fourth-order valence-corrected chi connectivity index (χ4v) is 1.99. The van der Waals surface area contributed by atoms with Crippen LogP contribution in [0.2, 0.25) is 5.02 Å². The van der Waals surface area contributed by atoms with Crippen LogP contribution in [0.3, 0.4) is 0 Å². The van der Waals surface area contributed by atoms with Crippen LogP contribution in [0.4, 0.5) is 0 Å². The van der Waals surface area contributed by atoms with E-state index in [1.165, 1.54) is 0 Å². The summed E-state index contributed by atoms with van der Waals surface area (Å²) in [5.41, 5.74) is 1.15. The summed E-state index contributed by atoms with van der Waals surface area (Å²) in [4.78, 5) is 0. The SMILES string of the molecule is CNC1CC(OCc2cccc(Cl)c2)C1. The molecule has 1 aliphatic carbocycles. The number of halogens is 1. The highest BCUT2D eigenvalue weighted by Crippen LogP contribution is 2.24. The predicted octanol–water partition coefficient (Wildman–Crippen LogP) is 2.61. The first-order valence-corrected chi connectivity index (χ1v) is 5.69. The summed E-state index contributed by atoms with van der Waals surface area (Å²) >= 11 is 5.89. The second kappa shape index (κ2) is 4.97. The third kappa shape index (κ3) is 2.94. The molecule has 82 valence electrons. The molecule has 1 saturated carbocycles. The lowest BCUT2D eigenvalue weighted by atomic mass is 9.89. The zero-order valence-corrected chi connectivity index (χ0v) is 9.63. The molecule has 1 fully saturated rings. The maximum Gasteiger partial charge on any atom is 0.0721 e. The fraction of sp³-hybridized carbons (Fsp3) is 0.500. The van der Waals surface area contributed by atoms with Crippen molar-refractivity contribution in [1.82, 2.24) is 5.32 Å². The van der Waals surface area contributed by atoms with Gasteiger partial charge in [-0.2, -0.15) is 0 Å². The van der Waals surface area contributed by atoms with E-state index in [-0.39, 0.29) is 0 Å². The highest BCUT2D eigenvalue weighted by atomic mass is 35.5.